The quantitative estimate of drug-likeness (QED) is 0.152. The molecular weight excluding hydrogens is 332 g/mol. The number of carbonyl (C=O) groups is 1. The molecule has 0 saturated carbocycles. The number of Topliss-reactive ketones (excluding diaryl/α,β-unsaturated/α-hetero) is 1. The first-order valence-electron chi connectivity index (χ1n) is 12.1. The molecule has 0 aromatic carbocycles. The summed E-state index contributed by atoms with van der Waals surface area (Å²) in [4.78, 5) is 11.3. The average molecular weight is 383 g/mol. The zero-order valence-corrected chi connectivity index (χ0v) is 19.8. The molecule has 0 radical (unpaired) electrons. The lowest BCUT2D eigenvalue weighted by Gasteiger charge is -2.33. The van der Waals surface area contributed by atoms with Gasteiger partial charge < -0.3 is 4.79 Å². The zero-order valence-electron chi connectivity index (χ0n) is 18.8. The van der Waals surface area contributed by atoms with E-state index in [9.17, 15) is 4.79 Å². The van der Waals surface area contributed by atoms with E-state index in [-0.39, 0.29) is 0 Å². The molecule has 0 rings (SSSR count). The topological polar surface area (TPSA) is 17.1 Å². The minimum Gasteiger partial charge on any atom is -0.300 e. The maximum Gasteiger partial charge on any atom is 0.129 e. The molecule has 0 aliphatic rings. The van der Waals surface area contributed by atoms with Crippen LogP contribution < -0.4 is 0 Å². The summed E-state index contributed by atoms with van der Waals surface area (Å²) in [6.07, 6.45) is 20.4. The van der Waals surface area contributed by atoms with E-state index in [2.05, 4.69) is 20.8 Å². The lowest BCUT2D eigenvalue weighted by molar-refractivity contribution is -0.117. The van der Waals surface area contributed by atoms with Crippen molar-refractivity contribution in [2.45, 2.75) is 148 Å². The molecule has 0 atom stereocenters. The van der Waals surface area contributed by atoms with E-state index in [0.29, 0.717) is 5.78 Å². The molecule has 0 aromatic rings. The molecule has 0 aliphatic carbocycles. The van der Waals surface area contributed by atoms with E-state index >= 15 is 0 Å². The van der Waals surface area contributed by atoms with Crippen molar-refractivity contribution in [2.75, 3.05) is 0 Å². The molecule has 0 aliphatic heterocycles. The number of hydrogen-bond donors (Lipinski definition) is 0. The normalized spacial score (nSPS) is 11.8. The molecule has 0 spiro atoms. The van der Waals surface area contributed by atoms with Gasteiger partial charge in [-0.05, 0) is 13.3 Å². The van der Waals surface area contributed by atoms with Gasteiger partial charge in [-0.3, -0.25) is 0 Å². The van der Waals surface area contributed by atoms with Crippen LogP contribution in [0, 0.1) is 0 Å². The van der Waals surface area contributed by atoms with Gasteiger partial charge in [0.2, 0.25) is 0 Å². The second kappa shape index (κ2) is 18.3. The molecule has 156 valence electrons. The van der Waals surface area contributed by atoms with E-state index < -0.39 is 8.07 Å². The van der Waals surface area contributed by atoms with Gasteiger partial charge in [0.05, 0.1) is 8.07 Å². The molecule has 0 N–H and O–H groups in total. The first-order valence-corrected chi connectivity index (χ1v) is 14.9. The van der Waals surface area contributed by atoms with Crippen molar-refractivity contribution in [3.05, 3.63) is 0 Å². The molecule has 2 heteroatoms. The molecule has 0 amide bonds. The summed E-state index contributed by atoms with van der Waals surface area (Å²) < 4.78 is 0. The standard InChI is InChI=1S/C24H50OSi/c1-5-8-11-15-20-26(21-16-12-9-6-2,22-17-13-10-7-3)23-18-14-19-24(4)25/h5-23H2,1-4H3. The Morgan fingerprint density at radius 3 is 1.19 bits per heavy atom. The number of ketones is 1. The van der Waals surface area contributed by atoms with E-state index in [1.54, 1.807) is 25.1 Å². The maximum atomic E-state index is 11.3. The highest BCUT2D eigenvalue weighted by Crippen LogP contribution is 2.34. The van der Waals surface area contributed by atoms with Crippen LogP contribution in [0.1, 0.15) is 124 Å². The molecule has 0 unspecified atom stereocenters. The summed E-state index contributed by atoms with van der Waals surface area (Å²) in [6.45, 7) is 8.72. The van der Waals surface area contributed by atoms with Gasteiger partial charge in [0.1, 0.15) is 5.78 Å². The van der Waals surface area contributed by atoms with E-state index in [4.69, 9.17) is 0 Å². The van der Waals surface area contributed by atoms with Gasteiger partial charge in [0, 0.05) is 6.42 Å². The first kappa shape index (κ1) is 25.9. The Morgan fingerprint density at radius 1 is 0.538 bits per heavy atom. The first-order chi connectivity index (χ1) is 12.6. The lowest BCUT2D eigenvalue weighted by Crippen LogP contribution is -2.34. The van der Waals surface area contributed by atoms with E-state index in [1.807, 2.05) is 0 Å². The lowest BCUT2D eigenvalue weighted by atomic mass is 10.2. The molecule has 0 fully saturated rings. The summed E-state index contributed by atoms with van der Waals surface area (Å²) in [6, 6.07) is 6.23. The Labute approximate surface area is 167 Å². The smallest absolute Gasteiger partial charge is 0.129 e. The molecule has 1 nitrogen and oxygen atoms in total. The van der Waals surface area contributed by atoms with Crippen molar-refractivity contribution in [3.63, 3.8) is 0 Å². The monoisotopic (exact) mass is 382 g/mol. The van der Waals surface area contributed by atoms with E-state index in [0.717, 1.165) is 12.8 Å². The molecule has 0 saturated heterocycles. The third kappa shape index (κ3) is 15.0. The minimum absolute atomic E-state index is 0.381. The van der Waals surface area contributed by atoms with Crippen LogP contribution in [0.4, 0.5) is 0 Å². The fourth-order valence-electron chi connectivity index (χ4n) is 4.40. The van der Waals surface area contributed by atoms with Gasteiger partial charge in [-0.1, -0.05) is 128 Å². The van der Waals surface area contributed by atoms with E-state index in [1.165, 1.54) is 89.5 Å². The van der Waals surface area contributed by atoms with Gasteiger partial charge in [-0.2, -0.15) is 0 Å². The Morgan fingerprint density at radius 2 is 0.885 bits per heavy atom. The second-order valence-electron chi connectivity index (χ2n) is 8.84. The van der Waals surface area contributed by atoms with Gasteiger partial charge >= 0.3 is 0 Å². The number of hydrogen-bond acceptors (Lipinski definition) is 1. The van der Waals surface area contributed by atoms with Crippen LogP contribution in [0.3, 0.4) is 0 Å². The summed E-state index contributed by atoms with van der Waals surface area (Å²) in [5.41, 5.74) is 0. The predicted molar refractivity (Wildman–Crippen MR) is 122 cm³/mol. The van der Waals surface area contributed by atoms with Crippen LogP contribution in [0.15, 0.2) is 0 Å². The largest absolute Gasteiger partial charge is 0.300 e. The average Bonchev–Trinajstić information content (AvgIpc) is 2.63. The Bertz CT molecular complexity index is 282. The summed E-state index contributed by atoms with van der Waals surface area (Å²) in [7, 11) is -1.13. The zero-order chi connectivity index (χ0) is 19.5. The van der Waals surface area contributed by atoms with Crippen molar-refractivity contribution in [3.8, 4) is 0 Å². The van der Waals surface area contributed by atoms with Crippen LogP contribution in [0.25, 0.3) is 0 Å². The molecule has 0 heterocycles. The number of unbranched alkanes of at least 4 members (excludes halogenated alkanes) is 10. The number of carbonyl (C=O) groups excluding carboxylic acids is 1. The molecule has 0 aromatic heterocycles. The predicted octanol–water partition coefficient (Wildman–Crippen LogP) is 8.94. The van der Waals surface area contributed by atoms with Gasteiger partial charge in [0.25, 0.3) is 0 Å². The van der Waals surface area contributed by atoms with Crippen LogP contribution in [0.2, 0.25) is 24.2 Å². The molecular formula is C24H50OSi. The second-order valence-corrected chi connectivity index (χ2v) is 13.8. The van der Waals surface area contributed by atoms with Crippen molar-refractivity contribution in [1.29, 1.82) is 0 Å². The fraction of sp³-hybridized carbons (Fsp3) is 0.958. The fourth-order valence-corrected chi connectivity index (χ4v) is 9.90. The van der Waals surface area contributed by atoms with Crippen LogP contribution >= 0.6 is 0 Å². The third-order valence-electron chi connectivity index (χ3n) is 6.17. The van der Waals surface area contributed by atoms with Gasteiger partial charge in [0.15, 0.2) is 0 Å². The van der Waals surface area contributed by atoms with Crippen molar-refractivity contribution < 1.29 is 4.79 Å². The Hall–Kier alpha value is -0.113. The van der Waals surface area contributed by atoms with Crippen molar-refractivity contribution in [2.24, 2.45) is 0 Å². The van der Waals surface area contributed by atoms with Crippen molar-refractivity contribution >= 4 is 13.9 Å². The van der Waals surface area contributed by atoms with Gasteiger partial charge in [-0.25, -0.2) is 0 Å². The SMILES string of the molecule is CCCCCC[Si](CCCCCC)(CCCCCC)CCCCC(C)=O. The number of rotatable bonds is 20. The highest BCUT2D eigenvalue weighted by molar-refractivity contribution is 6.79. The van der Waals surface area contributed by atoms with Crippen molar-refractivity contribution in [1.82, 2.24) is 0 Å². The molecule has 26 heavy (non-hydrogen) atoms. The van der Waals surface area contributed by atoms with Crippen LogP contribution in [0.5, 0.6) is 0 Å². The van der Waals surface area contributed by atoms with Crippen LogP contribution in [-0.2, 0) is 4.79 Å². The highest BCUT2D eigenvalue weighted by Gasteiger charge is 2.30. The summed E-state index contributed by atoms with van der Waals surface area (Å²) >= 11 is 0. The Kier molecular flexibility index (Phi) is 18.2. The molecule has 0 bridgehead atoms. The highest BCUT2D eigenvalue weighted by atomic mass is 28.3. The summed E-state index contributed by atoms with van der Waals surface area (Å²) in [5, 5.41) is 0. The maximum absolute atomic E-state index is 11.3. The summed E-state index contributed by atoms with van der Waals surface area (Å²) in [5.74, 6) is 0.381. The van der Waals surface area contributed by atoms with Gasteiger partial charge in [-0.15, -0.1) is 0 Å². The van der Waals surface area contributed by atoms with Crippen LogP contribution in [-0.4, -0.2) is 13.9 Å². The third-order valence-corrected chi connectivity index (χ3v) is 11.8. The Balaban J connectivity index is 4.70. The minimum atomic E-state index is -1.13.